The Hall–Kier alpha value is -3.90. The van der Waals surface area contributed by atoms with Gasteiger partial charge in [0.1, 0.15) is 11.2 Å². The molecule has 0 fully saturated rings. The predicted molar refractivity (Wildman–Crippen MR) is 137 cm³/mol. The molecular formula is C30H26N2O. The van der Waals surface area contributed by atoms with Gasteiger partial charge in [0.05, 0.1) is 12.3 Å². The first kappa shape index (κ1) is 21.0. The van der Waals surface area contributed by atoms with Crippen LogP contribution in [0.3, 0.4) is 0 Å². The Balaban J connectivity index is 1.78. The van der Waals surface area contributed by atoms with Crippen LogP contribution < -0.4 is 0 Å². The van der Waals surface area contributed by atoms with Gasteiger partial charge in [0, 0.05) is 22.5 Å². The molecule has 0 amide bonds. The van der Waals surface area contributed by atoms with E-state index in [1.165, 1.54) is 16.7 Å². The lowest BCUT2D eigenvalue weighted by Gasteiger charge is -2.20. The van der Waals surface area contributed by atoms with E-state index in [4.69, 9.17) is 16.0 Å². The zero-order chi connectivity index (χ0) is 23.1. The molecule has 0 bridgehead atoms. The van der Waals surface area contributed by atoms with Gasteiger partial charge in [-0.2, -0.15) is 0 Å². The maximum absolute atomic E-state index is 7.64. The van der Waals surface area contributed by atoms with Crippen LogP contribution in [0.5, 0.6) is 0 Å². The Bertz CT molecular complexity index is 1510. The van der Waals surface area contributed by atoms with E-state index < -0.39 is 0 Å². The van der Waals surface area contributed by atoms with E-state index in [-0.39, 0.29) is 0 Å². The first-order valence-electron chi connectivity index (χ1n) is 11.4. The van der Waals surface area contributed by atoms with Crippen LogP contribution in [0.2, 0.25) is 0 Å². The molecule has 0 atom stereocenters. The zero-order valence-electron chi connectivity index (χ0n) is 19.4. The summed E-state index contributed by atoms with van der Waals surface area (Å²) in [6.45, 7) is 16.6. The molecule has 0 radical (unpaired) electrons. The minimum absolute atomic E-state index is 0.405. The highest BCUT2D eigenvalue weighted by molar-refractivity contribution is 6.11. The SMILES string of the molecule is [C-]#[N+]c1cc(-c2cc(-c3c(C(C)C)cccc3C(C)C)ccn2)c2oc3ccccc3c2c1. The fourth-order valence-electron chi connectivity index (χ4n) is 4.68. The summed E-state index contributed by atoms with van der Waals surface area (Å²) in [6.07, 6.45) is 1.87. The Morgan fingerprint density at radius 2 is 1.55 bits per heavy atom. The van der Waals surface area contributed by atoms with Crippen molar-refractivity contribution in [3.63, 3.8) is 0 Å². The highest BCUT2D eigenvalue weighted by Gasteiger charge is 2.18. The molecule has 2 aromatic heterocycles. The lowest BCUT2D eigenvalue weighted by molar-refractivity contribution is 0.670. The molecule has 0 spiro atoms. The molecule has 0 saturated heterocycles. The summed E-state index contributed by atoms with van der Waals surface area (Å²) in [4.78, 5) is 8.45. The summed E-state index contributed by atoms with van der Waals surface area (Å²) in [5, 5.41) is 1.97. The van der Waals surface area contributed by atoms with Gasteiger partial charge in [-0.05, 0) is 64.4 Å². The highest BCUT2D eigenvalue weighted by Crippen LogP contribution is 2.41. The highest BCUT2D eigenvalue weighted by atomic mass is 16.3. The van der Waals surface area contributed by atoms with Crippen molar-refractivity contribution in [1.29, 1.82) is 0 Å². The van der Waals surface area contributed by atoms with Gasteiger partial charge in [0.15, 0.2) is 5.69 Å². The average molecular weight is 431 g/mol. The van der Waals surface area contributed by atoms with Gasteiger partial charge < -0.3 is 4.42 Å². The number of aromatic nitrogens is 1. The lowest BCUT2D eigenvalue weighted by Crippen LogP contribution is -2.00. The third kappa shape index (κ3) is 3.58. The van der Waals surface area contributed by atoms with Crippen LogP contribution >= 0.6 is 0 Å². The van der Waals surface area contributed by atoms with E-state index in [1.54, 1.807) is 0 Å². The van der Waals surface area contributed by atoms with Crippen molar-refractivity contribution in [2.45, 2.75) is 39.5 Å². The Morgan fingerprint density at radius 1 is 0.818 bits per heavy atom. The van der Waals surface area contributed by atoms with Crippen LogP contribution in [0.1, 0.15) is 50.7 Å². The number of rotatable bonds is 4. The number of para-hydroxylation sites is 1. The summed E-state index contributed by atoms with van der Waals surface area (Å²) in [6, 6.07) is 22.6. The normalized spacial score (nSPS) is 11.5. The number of fused-ring (bicyclic) bond motifs is 3. The minimum Gasteiger partial charge on any atom is -0.455 e. The predicted octanol–water partition coefficient (Wildman–Crippen LogP) is 9.11. The van der Waals surface area contributed by atoms with Crippen molar-refractivity contribution >= 4 is 27.6 Å². The van der Waals surface area contributed by atoms with Crippen molar-refractivity contribution in [2.75, 3.05) is 0 Å². The molecule has 3 aromatic carbocycles. The number of hydrogen-bond acceptors (Lipinski definition) is 2. The summed E-state index contributed by atoms with van der Waals surface area (Å²) >= 11 is 0. The van der Waals surface area contributed by atoms with Crippen molar-refractivity contribution in [3.05, 3.63) is 95.5 Å². The van der Waals surface area contributed by atoms with E-state index in [9.17, 15) is 0 Å². The minimum atomic E-state index is 0.405. The molecule has 5 aromatic rings. The first-order chi connectivity index (χ1) is 16.0. The van der Waals surface area contributed by atoms with Crippen LogP contribution in [-0.2, 0) is 0 Å². The molecular weight excluding hydrogens is 404 g/mol. The van der Waals surface area contributed by atoms with E-state index in [0.717, 1.165) is 38.8 Å². The topological polar surface area (TPSA) is 30.4 Å². The summed E-state index contributed by atoms with van der Waals surface area (Å²) in [5.74, 6) is 0.811. The number of benzene rings is 3. The first-order valence-corrected chi connectivity index (χ1v) is 11.4. The summed E-state index contributed by atoms with van der Waals surface area (Å²) < 4.78 is 6.26. The Labute approximate surface area is 194 Å². The van der Waals surface area contributed by atoms with Crippen molar-refractivity contribution in [2.24, 2.45) is 0 Å². The Kier molecular flexibility index (Phi) is 5.23. The van der Waals surface area contributed by atoms with Gasteiger partial charge in [-0.25, -0.2) is 4.85 Å². The fraction of sp³-hybridized carbons (Fsp3) is 0.200. The van der Waals surface area contributed by atoms with E-state index in [0.29, 0.717) is 17.5 Å². The molecule has 33 heavy (non-hydrogen) atoms. The molecule has 0 N–H and O–H groups in total. The molecule has 3 nitrogen and oxygen atoms in total. The monoisotopic (exact) mass is 430 g/mol. The van der Waals surface area contributed by atoms with Gasteiger partial charge in [-0.3, -0.25) is 4.98 Å². The summed E-state index contributed by atoms with van der Waals surface area (Å²) in [7, 11) is 0. The second kappa shape index (κ2) is 8.22. The average Bonchev–Trinajstić information content (AvgIpc) is 3.21. The van der Waals surface area contributed by atoms with Crippen LogP contribution in [0.4, 0.5) is 5.69 Å². The molecule has 5 rings (SSSR count). The second-order valence-corrected chi connectivity index (χ2v) is 9.13. The third-order valence-electron chi connectivity index (χ3n) is 6.29. The maximum Gasteiger partial charge on any atom is 0.188 e. The van der Waals surface area contributed by atoms with Crippen LogP contribution in [0.15, 0.2) is 77.3 Å². The largest absolute Gasteiger partial charge is 0.455 e. The number of hydrogen-bond donors (Lipinski definition) is 0. The molecule has 3 heteroatoms. The van der Waals surface area contributed by atoms with Crippen molar-refractivity contribution in [1.82, 2.24) is 4.98 Å². The molecule has 0 saturated carbocycles. The standard InChI is InChI=1S/C30H26N2O/c1-18(2)22-10-8-11-23(19(3)4)29(22)20-13-14-32-27(15-20)26-17-21(31-5)16-25-24-9-6-7-12-28(24)33-30(25)26/h6-19H,1-4H3. The summed E-state index contributed by atoms with van der Waals surface area (Å²) in [5.41, 5.74) is 8.94. The van der Waals surface area contributed by atoms with Gasteiger partial charge in [-0.15, -0.1) is 0 Å². The zero-order valence-corrected chi connectivity index (χ0v) is 19.4. The molecule has 0 aliphatic carbocycles. The third-order valence-corrected chi connectivity index (χ3v) is 6.29. The van der Waals surface area contributed by atoms with Crippen LogP contribution in [-0.4, -0.2) is 4.98 Å². The van der Waals surface area contributed by atoms with E-state index in [1.807, 2.05) is 42.6 Å². The number of nitrogens with zero attached hydrogens (tertiary/aromatic N) is 2. The fourth-order valence-corrected chi connectivity index (χ4v) is 4.68. The Morgan fingerprint density at radius 3 is 2.24 bits per heavy atom. The second-order valence-electron chi connectivity index (χ2n) is 9.13. The maximum atomic E-state index is 7.64. The molecule has 0 unspecified atom stereocenters. The van der Waals surface area contributed by atoms with Gasteiger partial charge in [-0.1, -0.05) is 64.1 Å². The van der Waals surface area contributed by atoms with Crippen molar-refractivity contribution < 1.29 is 4.42 Å². The molecule has 162 valence electrons. The van der Waals surface area contributed by atoms with E-state index >= 15 is 0 Å². The molecule has 0 aliphatic heterocycles. The van der Waals surface area contributed by atoms with Crippen LogP contribution in [0, 0.1) is 6.57 Å². The molecule has 0 aliphatic rings. The lowest BCUT2D eigenvalue weighted by atomic mass is 9.85. The van der Waals surface area contributed by atoms with Gasteiger partial charge in [0.25, 0.3) is 0 Å². The molecule has 2 heterocycles. The van der Waals surface area contributed by atoms with Gasteiger partial charge >= 0.3 is 0 Å². The van der Waals surface area contributed by atoms with Crippen molar-refractivity contribution in [3.8, 4) is 22.4 Å². The number of furan rings is 1. The van der Waals surface area contributed by atoms with Gasteiger partial charge in [0.2, 0.25) is 0 Å². The number of pyridine rings is 1. The van der Waals surface area contributed by atoms with Crippen LogP contribution in [0.25, 0.3) is 49.2 Å². The van der Waals surface area contributed by atoms with E-state index in [2.05, 4.69) is 62.9 Å². The smallest absolute Gasteiger partial charge is 0.188 e. The quantitative estimate of drug-likeness (QED) is 0.266.